The Balaban J connectivity index is 2.38. The van der Waals surface area contributed by atoms with Crippen LogP contribution >= 0.6 is 0 Å². The SMILES string of the molecule is Cc1cnc(C(=O)NCCC(C)(C)CCC(=O)O)cn1. The van der Waals surface area contributed by atoms with Crippen LogP contribution in [0.4, 0.5) is 0 Å². The van der Waals surface area contributed by atoms with Crippen LogP contribution in [0, 0.1) is 12.3 Å². The van der Waals surface area contributed by atoms with E-state index in [1.54, 1.807) is 13.1 Å². The van der Waals surface area contributed by atoms with Gasteiger partial charge in [0.15, 0.2) is 0 Å². The van der Waals surface area contributed by atoms with E-state index in [1.807, 2.05) is 13.8 Å². The lowest BCUT2D eigenvalue weighted by molar-refractivity contribution is -0.137. The maximum Gasteiger partial charge on any atom is 0.303 e. The van der Waals surface area contributed by atoms with Gasteiger partial charge in [-0.15, -0.1) is 0 Å². The molecule has 1 amide bonds. The summed E-state index contributed by atoms with van der Waals surface area (Å²) in [5, 5.41) is 11.4. The molecular formula is C14H21N3O3. The highest BCUT2D eigenvalue weighted by Crippen LogP contribution is 2.25. The van der Waals surface area contributed by atoms with Crippen molar-refractivity contribution >= 4 is 11.9 Å². The largest absolute Gasteiger partial charge is 0.481 e. The highest BCUT2D eigenvalue weighted by Gasteiger charge is 2.19. The molecule has 0 unspecified atom stereocenters. The number of aliphatic carboxylic acids is 1. The number of hydrogen-bond acceptors (Lipinski definition) is 4. The molecule has 0 saturated heterocycles. The van der Waals surface area contributed by atoms with Crippen molar-refractivity contribution in [3.8, 4) is 0 Å². The van der Waals surface area contributed by atoms with Crippen LogP contribution in [-0.2, 0) is 4.79 Å². The molecule has 2 N–H and O–H groups in total. The fourth-order valence-corrected chi connectivity index (χ4v) is 1.69. The molecule has 0 atom stereocenters. The normalized spacial score (nSPS) is 11.2. The maximum absolute atomic E-state index is 11.8. The first-order valence-corrected chi connectivity index (χ1v) is 6.59. The second kappa shape index (κ2) is 6.98. The summed E-state index contributed by atoms with van der Waals surface area (Å²) in [6, 6.07) is 0. The van der Waals surface area contributed by atoms with Crippen molar-refractivity contribution in [1.82, 2.24) is 15.3 Å². The molecule has 1 rings (SSSR count). The van der Waals surface area contributed by atoms with Gasteiger partial charge in [-0.05, 0) is 25.2 Å². The summed E-state index contributed by atoms with van der Waals surface area (Å²) >= 11 is 0. The van der Waals surface area contributed by atoms with E-state index in [2.05, 4.69) is 15.3 Å². The average Bonchev–Trinajstić information content (AvgIpc) is 2.37. The maximum atomic E-state index is 11.8. The number of hydrogen-bond donors (Lipinski definition) is 2. The van der Waals surface area contributed by atoms with Crippen molar-refractivity contribution in [2.45, 2.75) is 40.0 Å². The number of amides is 1. The van der Waals surface area contributed by atoms with E-state index in [9.17, 15) is 9.59 Å². The molecule has 1 aromatic rings. The summed E-state index contributed by atoms with van der Waals surface area (Å²) in [5.41, 5.74) is 0.931. The molecule has 0 aliphatic carbocycles. The Labute approximate surface area is 118 Å². The molecule has 0 aromatic carbocycles. The van der Waals surface area contributed by atoms with Gasteiger partial charge in [-0.25, -0.2) is 4.98 Å². The minimum Gasteiger partial charge on any atom is -0.481 e. The molecule has 0 spiro atoms. The van der Waals surface area contributed by atoms with Crippen molar-refractivity contribution in [3.05, 3.63) is 23.8 Å². The van der Waals surface area contributed by atoms with Gasteiger partial charge in [0, 0.05) is 19.2 Å². The third kappa shape index (κ3) is 5.77. The van der Waals surface area contributed by atoms with Crippen molar-refractivity contribution in [3.63, 3.8) is 0 Å². The van der Waals surface area contributed by atoms with Gasteiger partial charge in [-0.1, -0.05) is 13.8 Å². The van der Waals surface area contributed by atoms with Crippen LogP contribution in [0.2, 0.25) is 0 Å². The molecule has 0 bridgehead atoms. The molecule has 0 fully saturated rings. The monoisotopic (exact) mass is 279 g/mol. The number of carboxylic acid groups (broad SMARTS) is 1. The standard InChI is InChI=1S/C14H21N3O3/c1-10-8-17-11(9-16-10)13(20)15-7-6-14(2,3)5-4-12(18)19/h8-9H,4-7H2,1-3H3,(H,15,20)(H,18,19). The third-order valence-corrected chi connectivity index (χ3v) is 3.12. The number of aromatic nitrogens is 2. The van der Waals surface area contributed by atoms with Crippen LogP contribution in [0.15, 0.2) is 12.4 Å². The van der Waals surface area contributed by atoms with Crippen molar-refractivity contribution in [1.29, 1.82) is 0 Å². The number of carboxylic acids is 1. The molecule has 0 aliphatic heterocycles. The summed E-state index contributed by atoms with van der Waals surface area (Å²) in [4.78, 5) is 30.4. The van der Waals surface area contributed by atoms with Crippen LogP contribution in [0.3, 0.4) is 0 Å². The molecule has 0 radical (unpaired) electrons. The highest BCUT2D eigenvalue weighted by molar-refractivity contribution is 5.91. The third-order valence-electron chi connectivity index (χ3n) is 3.12. The molecule has 20 heavy (non-hydrogen) atoms. The smallest absolute Gasteiger partial charge is 0.303 e. The van der Waals surface area contributed by atoms with E-state index in [0.717, 1.165) is 5.69 Å². The lowest BCUT2D eigenvalue weighted by atomic mass is 9.84. The summed E-state index contributed by atoms with van der Waals surface area (Å²) < 4.78 is 0. The van der Waals surface area contributed by atoms with Gasteiger partial charge in [0.2, 0.25) is 0 Å². The van der Waals surface area contributed by atoms with Crippen LogP contribution in [0.25, 0.3) is 0 Å². The first kappa shape index (κ1) is 16.1. The predicted octanol–water partition coefficient (Wildman–Crippen LogP) is 1.80. The number of carbonyl (C=O) groups excluding carboxylic acids is 1. The Morgan fingerprint density at radius 3 is 2.50 bits per heavy atom. The molecule has 110 valence electrons. The Morgan fingerprint density at radius 2 is 1.95 bits per heavy atom. The fourth-order valence-electron chi connectivity index (χ4n) is 1.69. The number of nitrogens with one attached hydrogen (secondary N) is 1. The second-order valence-electron chi connectivity index (χ2n) is 5.61. The van der Waals surface area contributed by atoms with Gasteiger partial charge in [-0.3, -0.25) is 14.6 Å². The van der Waals surface area contributed by atoms with Gasteiger partial charge in [0.1, 0.15) is 5.69 Å². The zero-order chi connectivity index (χ0) is 15.2. The Morgan fingerprint density at radius 1 is 1.25 bits per heavy atom. The molecule has 1 heterocycles. The quantitative estimate of drug-likeness (QED) is 0.794. The van der Waals surface area contributed by atoms with E-state index >= 15 is 0 Å². The highest BCUT2D eigenvalue weighted by atomic mass is 16.4. The van der Waals surface area contributed by atoms with Gasteiger partial charge in [-0.2, -0.15) is 0 Å². The molecular weight excluding hydrogens is 258 g/mol. The molecule has 6 heteroatoms. The van der Waals surface area contributed by atoms with Crippen LogP contribution in [0.5, 0.6) is 0 Å². The van der Waals surface area contributed by atoms with Crippen molar-refractivity contribution in [2.24, 2.45) is 5.41 Å². The van der Waals surface area contributed by atoms with Gasteiger partial charge >= 0.3 is 5.97 Å². The summed E-state index contributed by atoms with van der Waals surface area (Å²) in [5.74, 6) is -1.05. The van der Waals surface area contributed by atoms with E-state index in [1.165, 1.54) is 6.20 Å². The van der Waals surface area contributed by atoms with E-state index in [0.29, 0.717) is 25.1 Å². The predicted molar refractivity (Wildman–Crippen MR) is 74.4 cm³/mol. The number of nitrogens with zero attached hydrogens (tertiary/aromatic N) is 2. The topological polar surface area (TPSA) is 92.2 Å². The Kier molecular flexibility index (Phi) is 5.61. The van der Waals surface area contributed by atoms with Gasteiger partial charge < -0.3 is 10.4 Å². The summed E-state index contributed by atoms with van der Waals surface area (Å²) in [6.45, 7) is 6.28. The van der Waals surface area contributed by atoms with E-state index in [-0.39, 0.29) is 17.7 Å². The Bertz CT molecular complexity index is 469. The zero-order valence-electron chi connectivity index (χ0n) is 12.1. The zero-order valence-corrected chi connectivity index (χ0v) is 12.1. The lowest BCUT2D eigenvalue weighted by Gasteiger charge is -2.23. The van der Waals surface area contributed by atoms with Crippen molar-refractivity contribution in [2.75, 3.05) is 6.54 Å². The fraction of sp³-hybridized carbons (Fsp3) is 0.571. The summed E-state index contributed by atoms with van der Waals surface area (Å²) in [6.07, 6.45) is 4.43. The summed E-state index contributed by atoms with van der Waals surface area (Å²) in [7, 11) is 0. The van der Waals surface area contributed by atoms with E-state index in [4.69, 9.17) is 5.11 Å². The minimum atomic E-state index is -0.794. The number of rotatable bonds is 7. The van der Waals surface area contributed by atoms with E-state index < -0.39 is 5.97 Å². The molecule has 6 nitrogen and oxygen atoms in total. The molecule has 1 aromatic heterocycles. The Hall–Kier alpha value is -1.98. The van der Waals surface area contributed by atoms with Crippen LogP contribution in [0.1, 0.15) is 49.3 Å². The number of aryl methyl sites for hydroxylation is 1. The molecule has 0 saturated carbocycles. The second-order valence-corrected chi connectivity index (χ2v) is 5.61. The lowest BCUT2D eigenvalue weighted by Crippen LogP contribution is -2.29. The average molecular weight is 279 g/mol. The van der Waals surface area contributed by atoms with Crippen molar-refractivity contribution < 1.29 is 14.7 Å². The molecule has 0 aliphatic rings. The minimum absolute atomic E-state index is 0.120. The van der Waals surface area contributed by atoms with Gasteiger partial charge in [0.05, 0.1) is 11.9 Å². The number of carbonyl (C=O) groups is 2. The first-order valence-electron chi connectivity index (χ1n) is 6.59. The van der Waals surface area contributed by atoms with Gasteiger partial charge in [0.25, 0.3) is 5.91 Å². The van der Waals surface area contributed by atoms with Crippen LogP contribution < -0.4 is 5.32 Å². The first-order chi connectivity index (χ1) is 9.30. The van der Waals surface area contributed by atoms with Crippen LogP contribution in [-0.4, -0.2) is 33.5 Å².